The van der Waals surface area contributed by atoms with Crippen LogP contribution in [-0.4, -0.2) is 37.6 Å². The van der Waals surface area contributed by atoms with Crippen LogP contribution in [0, 0.1) is 6.92 Å². The van der Waals surface area contributed by atoms with Gasteiger partial charge in [0.25, 0.3) is 0 Å². The van der Waals surface area contributed by atoms with E-state index < -0.39 is 0 Å². The lowest BCUT2D eigenvalue weighted by Gasteiger charge is -2.14. The molecule has 0 spiro atoms. The van der Waals surface area contributed by atoms with Gasteiger partial charge in [0.15, 0.2) is 0 Å². The van der Waals surface area contributed by atoms with Crippen molar-refractivity contribution in [3.05, 3.63) is 29.8 Å². The van der Waals surface area contributed by atoms with Crippen molar-refractivity contribution in [2.24, 2.45) is 5.73 Å². The summed E-state index contributed by atoms with van der Waals surface area (Å²) >= 11 is 0. The number of carbonyl (C=O) groups excluding carboxylic acids is 1. The van der Waals surface area contributed by atoms with Gasteiger partial charge in [-0.15, -0.1) is 0 Å². The smallest absolute Gasteiger partial charge is 0.231 e. The maximum atomic E-state index is 10.6. The Hall–Kier alpha value is -1.55. The number of hydrogen-bond acceptors (Lipinski definition) is 3. The standard InChI is InChI=1S/C12H18N2O2/c1-10-3-5-11(6-4-10)16-8-7-14(2)9-12(13)15/h3-6H,7-9H2,1-2H3,(H2,13,15). The van der Waals surface area contributed by atoms with Gasteiger partial charge in [-0.25, -0.2) is 0 Å². The molecule has 0 unspecified atom stereocenters. The van der Waals surface area contributed by atoms with Gasteiger partial charge in [0.05, 0.1) is 6.54 Å². The predicted molar refractivity (Wildman–Crippen MR) is 63.4 cm³/mol. The highest BCUT2D eigenvalue weighted by Gasteiger charge is 2.02. The number of ether oxygens (including phenoxy) is 1. The van der Waals surface area contributed by atoms with E-state index in [1.165, 1.54) is 5.56 Å². The summed E-state index contributed by atoms with van der Waals surface area (Å²) in [5.74, 6) is 0.524. The van der Waals surface area contributed by atoms with Crippen LogP contribution in [0.1, 0.15) is 5.56 Å². The van der Waals surface area contributed by atoms with Gasteiger partial charge in [0.2, 0.25) is 5.91 Å². The molecule has 1 aromatic carbocycles. The summed E-state index contributed by atoms with van der Waals surface area (Å²) in [6.45, 7) is 3.52. The summed E-state index contributed by atoms with van der Waals surface area (Å²) in [5.41, 5.74) is 6.28. The van der Waals surface area contributed by atoms with Gasteiger partial charge in [-0.1, -0.05) is 17.7 Å². The summed E-state index contributed by atoms with van der Waals surface area (Å²) in [4.78, 5) is 12.4. The Morgan fingerprint density at radius 1 is 1.38 bits per heavy atom. The number of hydrogen-bond donors (Lipinski definition) is 1. The Labute approximate surface area is 96.0 Å². The zero-order valence-corrected chi connectivity index (χ0v) is 9.77. The van der Waals surface area contributed by atoms with E-state index in [9.17, 15) is 4.79 Å². The average molecular weight is 222 g/mol. The molecule has 88 valence electrons. The Morgan fingerprint density at radius 3 is 2.56 bits per heavy atom. The molecular weight excluding hydrogens is 204 g/mol. The highest BCUT2D eigenvalue weighted by atomic mass is 16.5. The lowest BCUT2D eigenvalue weighted by Crippen LogP contribution is -2.33. The molecular formula is C12H18N2O2. The SMILES string of the molecule is Cc1ccc(OCCN(C)CC(N)=O)cc1. The molecule has 0 atom stereocenters. The number of aryl methyl sites for hydroxylation is 1. The maximum absolute atomic E-state index is 10.6. The molecule has 4 heteroatoms. The highest BCUT2D eigenvalue weighted by Crippen LogP contribution is 2.10. The third-order valence-electron chi connectivity index (χ3n) is 2.19. The first-order chi connectivity index (χ1) is 7.58. The lowest BCUT2D eigenvalue weighted by molar-refractivity contribution is -0.118. The molecule has 0 aliphatic heterocycles. The molecule has 16 heavy (non-hydrogen) atoms. The largest absolute Gasteiger partial charge is 0.492 e. The normalized spacial score (nSPS) is 10.4. The number of nitrogens with zero attached hydrogens (tertiary/aromatic N) is 1. The molecule has 1 aromatic rings. The second-order valence-corrected chi connectivity index (χ2v) is 3.87. The summed E-state index contributed by atoms with van der Waals surface area (Å²) in [7, 11) is 1.84. The molecule has 2 N–H and O–H groups in total. The number of likely N-dealkylation sites (N-methyl/N-ethyl adjacent to an activating group) is 1. The third-order valence-corrected chi connectivity index (χ3v) is 2.19. The quantitative estimate of drug-likeness (QED) is 0.774. The number of benzene rings is 1. The van der Waals surface area contributed by atoms with Crippen molar-refractivity contribution in [2.75, 3.05) is 26.7 Å². The molecule has 0 aliphatic rings. The fraction of sp³-hybridized carbons (Fsp3) is 0.417. The Kier molecular flexibility index (Phi) is 4.79. The van der Waals surface area contributed by atoms with E-state index in [0.717, 1.165) is 5.75 Å². The number of carbonyl (C=O) groups is 1. The first-order valence-electron chi connectivity index (χ1n) is 5.24. The molecule has 0 radical (unpaired) electrons. The molecule has 1 amide bonds. The van der Waals surface area contributed by atoms with Gasteiger partial charge in [-0.2, -0.15) is 0 Å². The number of nitrogens with two attached hydrogens (primary N) is 1. The van der Waals surface area contributed by atoms with E-state index >= 15 is 0 Å². The predicted octanol–water partition coefficient (Wildman–Crippen LogP) is 0.791. The summed E-state index contributed by atoms with van der Waals surface area (Å²) in [6.07, 6.45) is 0. The zero-order valence-electron chi connectivity index (χ0n) is 9.77. The van der Waals surface area contributed by atoms with E-state index in [1.807, 2.05) is 43.1 Å². The van der Waals surface area contributed by atoms with E-state index in [2.05, 4.69) is 0 Å². The van der Waals surface area contributed by atoms with Crippen LogP contribution in [0.15, 0.2) is 24.3 Å². The number of amides is 1. The van der Waals surface area contributed by atoms with E-state index in [4.69, 9.17) is 10.5 Å². The van der Waals surface area contributed by atoms with Crippen molar-refractivity contribution < 1.29 is 9.53 Å². The molecule has 0 saturated heterocycles. The maximum Gasteiger partial charge on any atom is 0.231 e. The molecule has 0 heterocycles. The van der Waals surface area contributed by atoms with Gasteiger partial charge in [0.1, 0.15) is 12.4 Å². The van der Waals surface area contributed by atoms with Crippen LogP contribution in [0.25, 0.3) is 0 Å². The van der Waals surface area contributed by atoms with Crippen LogP contribution < -0.4 is 10.5 Å². The lowest BCUT2D eigenvalue weighted by atomic mass is 10.2. The van der Waals surface area contributed by atoms with Crippen LogP contribution in [0.3, 0.4) is 0 Å². The van der Waals surface area contributed by atoms with Gasteiger partial charge in [-0.05, 0) is 26.1 Å². The highest BCUT2D eigenvalue weighted by molar-refractivity contribution is 5.75. The van der Waals surface area contributed by atoms with Crippen molar-refractivity contribution in [3.8, 4) is 5.75 Å². The van der Waals surface area contributed by atoms with E-state index in [0.29, 0.717) is 13.2 Å². The summed E-state index contributed by atoms with van der Waals surface area (Å²) < 4.78 is 5.52. The minimum atomic E-state index is -0.321. The van der Waals surface area contributed by atoms with Crippen LogP contribution in [0.4, 0.5) is 0 Å². The van der Waals surface area contributed by atoms with Gasteiger partial charge < -0.3 is 10.5 Å². The fourth-order valence-electron chi connectivity index (χ4n) is 1.30. The minimum Gasteiger partial charge on any atom is -0.492 e. The summed E-state index contributed by atoms with van der Waals surface area (Å²) in [5, 5.41) is 0. The monoisotopic (exact) mass is 222 g/mol. The Bertz CT molecular complexity index is 335. The Balaban J connectivity index is 2.25. The van der Waals surface area contributed by atoms with Gasteiger partial charge >= 0.3 is 0 Å². The number of rotatable bonds is 6. The molecule has 0 aliphatic carbocycles. The first kappa shape index (κ1) is 12.5. The molecule has 0 saturated carbocycles. The van der Waals surface area contributed by atoms with Crippen LogP contribution in [0.2, 0.25) is 0 Å². The van der Waals surface area contributed by atoms with Crippen molar-refractivity contribution in [3.63, 3.8) is 0 Å². The van der Waals surface area contributed by atoms with E-state index in [1.54, 1.807) is 0 Å². The van der Waals surface area contributed by atoms with Crippen molar-refractivity contribution in [2.45, 2.75) is 6.92 Å². The first-order valence-corrected chi connectivity index (χ1v) is 5.24. The van der Waals surface area contributed by atoms with E-state index in [-0.39, 0.29) is 12.5 Å². The molecule has 1 rings (SSSR count). The second kappa shape index (κ2) is 6.12. The zero-order chi connectivity index (χ0) is 12.0. The molecule has 0 bridgehead atoms. The van der Waals surface area contributed by atoms with Crippen molar-refractivity contribution in [1.82, 2.24) is 4.90 Å². The average Bonchev–Trinajstić information content (AvgIpc) is 2.20. The second-order valence-electron chi connectivity index (χ2n) is 3.87. The van der Waals surface area contributed by atoms with Crippen molar-refractivity contribution >= 4 is 5.91 Å². The van der Waals surface area contributed by atoms with Crippen LogP contribution in [-0.2, 0) is 4.79 Å². The van der Waals surface area contributed by atoms with Crippen LogP contribution >= 0.6 is 0 Å². The number of primary amides is 1. The molecule has 0 fully saturated rings. The van der Waals surface area contributed by atoms with Crippen LogP contribution in [0.5, 0.6) is 5.75 Å². The summed E-state index contributed by atoms with van der Waals surface area (Å²) in [6, 6.07) is 7.87. The third kappa shape index (κ3) is 4.79. The minimum absolute atomic E-state index is 0.261. The molecule has 4 nitrogen and oxygen atoms in total. The van der Waals surface area contributed by atoms with Gasteiger partial charge in [0, 0.05) is 6.54 Å². The van der Waals surface area contributed by atoms with Crippen molar-refractivity contribution in [1.29, 1.82) is 0 Å². The molecule has 0 aromatic heterocycles. The van der Waals surface area contributed by atoms with Gasteiger partial charge in [-0.3, -0.25) is 9.69 Å². The topological polar surface area (TPSA) is 55.6 Å². The fourth-order valence-corrected chi connectivity index (χ4v) is 1.30. The Morgan fingerprint density at radius 2 is 2.00 bits per heavy atom.